The third-order valence-electron chi connectivity index (χ3n) is 11.0. The lowest BCUT2D eigenvalue weighted by Crippen LogP contribution is -2.70. The van der Waals surface area contributed by atoms with Crippen LogP contribution in [0.25, 0.3) is 0 Å². The average Bonchev–Trinajstić information content (AvgIpc) is 3.28. The predicted molar refractivity (Wildman–Crippen MR) is 241 cm³/mol. The summed E-state index contributed by atoms with van der Waals surface area (Å²) >= 11 is 0. The zero-order valence-corrected chi connectivity index (χ0v) is 39.7. The van der Waals surface area contributed by atoms with Gasteiger partial charge in [0.15, 0.2) is 12.3 Å². The summed E-state index contributed by atoms with van der Waals surface area (Å²) in [4.78, 5) is 99.1. The number of unbranched alkanes of at least 4 members (excludes halogenated alkanes) is 11. The maximum Gasteiger partial charge on any atom is 0.472 e. The fraction of sp³-hybridized carbons (Fsp3) is 0.705. The van der Waals surface area contributed by atoms with Gasteiger partial charge in [0.1, 0.15) is 37.0 Å². The molecule has 1 aromatic carbocycles. The number of esters is 1. The van der Waals surface area contributed by atoms with Gasteiger partial charge in [-0.3, -0.25) is 42.7 Å². The van der Waals surface area contributed by atoms with Crippen LogP contribution in [0.2, 0.25) is 0 Å². The summed E-state index contributed by atoms with van der Waals surface area (Å²) in [5.41, 5.74) is 12.0. The van der Waals surface area contributed by atoms with Gasteiger partial charge in [-0.1, -0.05) is 95.8 Å². The molecular formula is C44H72N5O17P. The van der Waals surface area contributed by atoms with E-state index < -0.39 is 118 Å². The topological polar surface area (TPSA) is 343 Å². The Morgan fingerprint density at radius 2 is 1.43 bits per heavy atom. The number of hydrogen-bond acceptors (Lipinski definition) is 15. The van der Waals surface area contributed by atoms with E-state index in [4.69, 9.17) is 39.8 Å². The van der Waals surface area contributed by atoms with E-state index in [-0.39, 0.29) is 38.2 Å². The Kier molecular flexibility index (Phi) is 27.5. The molecule has 67 heavy (non-hydrogen) atoms. The maximum absolute atomic E-state index is 14.2. The van der Waals surface area contributed by atoms with Crippen LogP contribution in [0.5, 0.6) is 0 Å². The quantitative estimate of drug-likeness (QED) is 0.0275. The molecule has 0 spiro atoms. The molecule has 1 aliphatic heterocycles. The number of carbonyl (C=O) groups excluding carboxylic acids is 5. The van der Waals surface area contributed by atoms with Crippen LogP contribution < -0.4 is 22.1 Å². The first-order chi connectivity index (χ1) is 31.8. The SMILES string of the molecule is CCCCCCCCCCCCCCOP(=O)(O)OCCNC(=O)CCC(=O)OC[C@H]1OC(N(C(=O)c2ccccc2)[C@@H](C)C(=O)N[C@H](CCC(=O)O)C(N)=O)[C@H](N)[C@@H](O[C@H](C)C(=O)O)[C@@H]1O. The lowest BCUT2D eigenvalue weighted by Gasteiger charge is -2.48. The number of carboxylic acids is 2. The molecule has 22 nitrogen and oxygen atoms in total. The van der Waals surface area contributed by atoms with E-state index in [1.54, 1.807) is 6.07 Å². The number of carbonyl (C=O) groups is 7. The molecule has 0 radical (unpaired) electrons. The van der Waals surface area contributed by atoms with Gasteiger partial charge in [-0.15, -0.1) is 0 Å². The highest BCUT2D eigenvalue weighted by molar-refractivity contribution is 7.47. The first-order valence-corrected chi connectivity index (χ1v) is 24.5. The molecule has 2 unspecified atom stereocenters. The van der Waals surface area contributed by atoms with Crippen LogP contribution in [0.15, 0.2) is 30.3 Å². The lowest BCUT2D eigenvalue weighted by molar-refractivity contribution is -0.242. The summed E-state index contributed by atoms with van der Waals surface area (Å²) in [5, 5.41) is 34.8. The second-order valence-corrected chi connectivity index (χ2v) is 17.9. The molecule has 380 valence electrons. The van der Waals surface area contributed by atoms with Crippen LogP contribution in [0.1, 0.15) is 134 Å². The molecular weight excluding hydrogens is 901 g/mol. The van der Waals surface area contributed by atoms with Gasteiger partial charge in [0.2, 0.25) is 17.7 Å². The van der Waals surface area contributed by atoms with Gasteiger partial charge < -0.3 is 56.5 Å². The minimum absolute atomic E-state index is 0.0225. The van der Waals surface area contributed by atoms with Crippen molar-refractivity contribution in [3.8, 4) is 0 Å². The molecule has 23 heteroatoms. The Morgan fingerprint density at radius 1 is 0.851 bits per heavy atom. The Morgan fingerprint density at radius 3 is 2.00 bits per heavy atom. The molecule has 1 fully saturated rings. The van der Waals surface area contributed by atoms with E-state index in [0.29, 0.717) is 6.42 Å². The van der Waals surface area contributed by atoms with Crippen LogP contribution in [0.4, 0.5) is 0 Å². The highest BCUT2D eigenvalue weighted by Crippen LogP contribution is 2.43. The summed E-state index contributed by atoms with van der Waals surface area (Å²) < 4.78 is 39.2. The third-order valence-corrected chi connectivity index (χ3v) is 12.0. The second-order valence-electron chi connectivity index (χ2n) is 16.4. The number of hydrogen-bond donors (Lipinski definition) is 8. The number of nitrogens with one attached hydrogen (secondary N) is 2. The van der Waals surface area contributed by atoms with Crippen LogP contribution >= 0.6 is 7.82 Å². The van der Waals surface area contributed by atoms with Crippen molar-refractivity contribution in [1.29, 1.82) is 0 Å². The summed E-state index contributed by atoms with van der Waals surface area (Å²) in [6.45, 7) is 3.37. The van der Waals surface area contributed by atoms with Gasteiger partial charge >= 0.3 is 25.7 Å². The standard InChI is InChI=1S/C44H72N5O17P/c1-4-5-6-7-8-9-10-11-12-13-14-18-26-63-67(60,61)64-27-25-47-34(50)22-24-36(53)62-28-33-38(54)39(65-30(3)44(58)59)37(45)43(66-33)49(42(57)31-19-16-15-17-20-31)29(2)41(56)48-32(40(46)55)21-23-35(51)52/h15-17,19-20,29-30,32-33,37-39,43,54H,4-14,18,21-28,45H2,1-3H3,(H2,46,55)(H,47,50)(H,48,56)(H,51,52)(H,58,59)(H,60,61)/t29-,30+,32+,33+,37+,38+,39+,43?/m0/s1. The van der Waals surface area contributed by atoms with E-state index in [1.807, 2.05) is 0 Å². The van der Waals surface area contributed by atoms with Gasteiger partial charge in [-0.05, 0) is 38.8 Å². The normalized spacial score (nSPS) is 20.4. The molecule has 0 aliphatic carbocycles. The van der Waals surface area contributed by atoms with E-state index in [1.165, 1.54) is 82.6 Å². The summed E-state index contributed by atoms with van der Waals surface area (Å²) in [7, 11) is -4.35. The van der Waals surface area contributed by atoms with Crippen LogP contribution in [0, 0.1) is 0 Å². The summed E-state index contributed by atoms with van der Waals surface area (Å²) in [6.07, 6.45) is 3.56. The molecule has 9 atom stereocenters. The largest absolute Gasteiger partial charge is 0.481 e. The highest BCUT2D eigenvalue weighted by Gasteiger charge is 2.51. The van der Waals surface area contributed by atoms with E-state index in [2.05, 4.69) is 17.6 Å². The number of rotatable bonds is 35. The van der Waals surface area contributed by atoms with Crippen molar-refractivity contribution in [3.63, 3.8) is 0 Å². The maximum atomic E-state index is 14.2. The van der Waals surface area contributed by atoms with E-state index in [9.17, 15) is 53.2 Å². The van der Waals surface area contributed by atoms with Crippen LogP contribution in [-0.2, 0) is 56.6 Å². The van der Waals surface area contributed by atoms with Crippen molar-refractivity contribution in [1.82, 2.24) is 15.5 Å². The van der Waals surface area contributed by atoms with Gasteiger partial charge in [-0.25, -0.2) is 9.36 Å². The number of aliphatic hydroxyl groups is 1. The van der Waals surface area contributed by atoms with E-state index in [0.717, 1.165) is 31.1 Å². The highest BCUT2D eigenvalue weighted by atomic mass is 31.2. The fourth-order valence-electron chi connectivity index (χ4n) is 7.08. The molecule has 1 aromatic rings. The van der Waals surface area contributed by atoms with Gasteiger partial charge in [0.25, 0.3) is 5.91 Å². The first kappa shape index (κ1) is 58.6. The number of phosphoric acid groups is 1. The number of amides is 4. The molecule has 1 heterocycles. The van der Waals surface area contributed by atoms with Gasteiger partial charge in [0.05, 0.1) is 25.7 Å². The van der Waals surface area contributed by atoms with Crippen molar-refractivity contribution in [2.75, 3.05) is 26.4 Å². The zero-order valence-electron chi connectivity index (χ0n) is 38.8. The van der Waals surface area contributed by atoms with Crippen molar-refractivity contribution in [3.05, 3.63) is 35.9 Å². The minimum atomic E-state index is -4.35. The predicted octanol–water partition coefficient (Wildman–Crippen LogP) is 2.90. The van der Waals surface area contributed by atoms with Crippen molar-refractivity contribution in [2.24, 2.45) is 11.5 Å². The third kappa shape index (κ3) is 22.4. The number of ether oxygens (including phenoxy) is 3. The molecule has 1 aliphatic rings. The van der Waals surface area contributed by atoms with Gasteiger partial charge in [0, 0.05) is 24.9 Å². The number of aliphatic carboxylic acids is 2. The smallest absolute Gasteiger partial charge is 0.472 e. The number of nitrogens with zero attached hydrogens (tertiary/aromatic N) is 1. The molecule has 10 N–H and O–H groups in total. The Labute approximate surface area is 391 Å². The Balaban J connectivity index is 1.99. The molecule has 4 amide bonds. The second kappa shape index (κ2) is 31.5. The number of phosphoric ester groups is 1. The van der Waals surface area contributed by atoms with Gasteiger partial charge in [-0.2, -0.15) is 0 Å². The average molecular weight is 974 g/mol. The number of primary amides is 1. The van der Waals surface area contributed by atoms with Crippen molar-refractivity contribution in [2.45, 2.75) is 172 Å². The zero-order chi connectivity index (χ0) is 49.9. The van der Waals surface area contributed by atoms with Crippen molar-refractivity contribution < 1.29 is 81.6 Å². The van der Waals surface area contributed by atoms with E-state index >= 15 is 0 Å². The van der Waals surface area contributed by atoms with Crippen LogP contribution in [0.3, 0.4) is 0 Å². The number of aliphatic hydroxyl groups excluding tert-OH is 1. The number of benzene rings is 1. The Hall–Kier alpha value is -4.54. The molecule has 2 rings (SSSR count). The Bertz CT molecular complexity index is 1760. The first-order valence-electron chi connectivity index (χ1n) is 23.0. The molecule has 0 bridgehead atoms. The molecule has 1 saturated heterocycles. The summed E-state index contributed by atoms with van der Waals surface area (Å²) in [6, 6.07) is 2.89. The number of carboxylic acid groups (broad SMARTS) is 2. The van der Waals surface area contributed by atoms with Crippen LogP contribution in [-0.4, -0.2) is 142 Å². The summed E-state index contributed by atoms with van der Waals surface area (Å²) in [5.74, 6) is -7.20. The van der Waals surface area contributed by atoms with Crippen molar-refractivity contribution >= 4 is 49.4 Å². The number of nitrogens with two attached hydrogens (primary N) is 2. The lowest BCUT2D eigenvalue weighted by atomic mass is 9.94. The molecule has 0 saturated carbocycles. The fourth-order valence-corrected chi connectivity index (χ4v) is 7.84. The molecule has 0 aromatic heterocycles. The minimum Gasteiger partial charge on any atom is -0.481 e. The monoisotopic (exact) mass is 973 g/mol.